The minimum absolute atomic E-state index is 0.0572. The molecule has 1 N–H and O–H groups in total. The Kier molecular flexibility index (Phi) is 5.65. The molecule has 1 atom stereocenters. The number of thioether (sulfide) groups is 1. The van der Waals surface area contributed by atoms with Crippen molar-refractivity contribution in [3.8, 4) is 5.75 Å². The lowest BCUT2D eigenvalue weighted by molar-refractivity contribution is -0.140. The molecule has 0 bridgehead atoms. The van der Waals surface area contributed by atoms with Gasteiger partial charge < -0.3 is 14.7 Å². The fraction of sp³-hybridized carbons (Fsp3) is 0.467. The molecule has 0 saturated carbocycles. The molecule has 1 aromatic rings. The van der Waals surface area contributed by atoms with E-state index in [2.05, 4.69) is 0 Å². The lowest BCUT2D eigenvalue weighted by atomic mass is 10.1. The van der Waals surface area contributed by atoms with Crippen molar-refractivity contribution in [2.75, 3.05) is 25.2 Å². The molecular formula is C15H18FNO4S. The third-order valence-corrected chi connectivity index (χ3v) is 4.62. The zero-order valence-electron chi connectivity index (χ0n) is 12.3. The number of hydrogen-bond donors (Lipinski definition) is 1. The van der Waals surface area contributed by atoms with Crippen LogP contribution in [0.1, 0.15) is 12.0 Å². The van der Waals surface area contributed by atoms with Crippen molar-refractivity contribution in [2.45, 2.75) is 18.9 Å². The van der Waals surface area contributed by atoms with Crippen LogP contribution in [0.3, 0.4) is 0 Å². The average Bonchev–Trinajstić information content (AvgIpc) is 2.47. The van der Waals surface area contributed by atoms with Gasteiger partial charge in [-0.25, -0.2) is 4.39 Å². The number of carboxylic acid groups (broad SMARTS) is 1. The highest BCUT2D eigenvalue weighted by Crippen LogP contribution is 2.22. The Hall–Kier alpha value is -1.76. The minimum atomic E-state index is -0.916. The van der Waals surface area contributed by atoms with Crippen LogP contribution in [0.15, 0.2) is 18.2 Å². The number of ether oxygens (including phenoxy) is 1. The van der Waals surface area contributed by atoms with Crippen molar-refractivity contribution in [2.24, 2.45) is 0 Å². The van der Waals surface area contributed by atoms with Crippen LogP contribution in [0.4, 0.5) is 4.39 Å². The molecule has 1 aliphatic heterocycles. The van der Waals surface area contributed by atoms with Gasteiger partial charge in [-0.15, -0.1) is 0 Å². The number of benzene rings is 1. The summed E-state index contributed by atoms with van der Waals surface area (Å²) in [7, 11) is 1.38. The van der Waals surface area contributed by atoms with Gasteiger partial charge in [0.05, 0.1) is 26.0 Å². The SMILES string of the molecule is COc1ccc(CC(=O)N2CCSCC2CC(=O)O)cc1F. The largest absolute Gasteiger partial charge is 0.494 e. The number of aliphatic carboxylic acids is 1. The first-order valence-corrected chi connectivity index (χ1v) is 8.08. The third kappa shape index (κ3) is 4.13. The fourth-order valence-corrected chi connectivity index (χ4v) is 3.51. The highest BCUT2D eigenvalue weighted by Gasteiger charge is 2.28. The number of carbonyl (C=O) groups excluding carboxylic acids is 1. The Labute approximate surface area is 132 Å². The van der Waals surface area contributed by atoms with Gasteiger partial charge in [-0.3, -0.25) is 9.59 Å². The molecular weight excluding hydrogens is 309 g/mol. The molecule has 0 radical (unpaired) electrons. The Morgan fingerprint density at radius 2 is 2.27 bits per heavy atom. The van der Waals surface area contributed by atoms with Crippen molar-refractivity contribution in [1.82, 2.24) is 4.90 Å². The zero-order chi connectivity index (χ0) is 16.1. The van der Waals surface area contributed by atoms with Gasteiger partial charge >= 0.3 is 5.97 Å². The van der Waals surface area contributed by atoms with Crippen LogP contribution in [0.5, 0.6) is 5.75 Å². The predicted octanol–water partition coefficient (Wildman–Crippen LogP) is 1.80. The molecule has 0 spiro atoms. The van der Waals surface area contributed by atoms with E-state index in [1.54, 1.807) is 22.7 Å². The van der Waals surface area contributed by atoms with Crippen molar-refractivity contribution in [3.63, 3.8) is 0 Å². The Morgan fingerprint density at radius 1 is 1.50 bits per heavy atom. The van der Waals surface area contributed by atoms with Crippen LogP contribution < -0.4 is 4.74 Å². The summed E-state index contributed by atoms with van der Waals surface area (Å²) in [6, 6.07) is 4.11. The van der Waals surface area contributed by atoms with Crippen molar-refractivity contribution >= 4 is 23.6 Å². The van der Waals surface area contributed by atoms with Gasteiger partial charge in [0, 0.05) is 18.1 Å². The maximum absolute atomic E-state index is 13.7. The highest BCUT2D eigenvalue weighted by molar-refractivity contribution is 7.99. The average molecular weight is 327 g/mol. The molecule has 120 valence electrons. The molecule has 0 aromatic heterocycles. The lowest BCUT2D eigenvalue weighted by Gasteiger charge is -2.34. The fourth-order valence-electron chi connectivity index (χ4n) is 2.45. The number of rotatable bonds is 5. The quantitative estimate of drug-likeness (QED) is 0.893. The molecule has 1 aromatic carbocycles. The van der Waals surface area contributed by atoms with Gasteiger partial charge in [0.2, 0.25) is 5.91 Å². The van der Waals surface area contributed by atoms with E-state index in [9.17, 15) is 14.0 Å². The van der Waals surface area contributed by atoms with Crippen molar-refractivity contribution < 1.29 is 23.8 Å². The molecule has 2 rings (SSSR count). The molecule has 22 heavy (non-hydrogen) atoms. The lowest BCUT2D eigenvalue weighted by Crippen LogP contribution is -2.47. The Balaban J connectivity index is 2.06. The van der Waals surface area contributed by atoms with Gasteiger partial charge in [0.1, 0.15) is 0 Å². The zero-order valence-corrected chi connectivity index (χ0v) is 13.1. The van der Waals surface area contributed by atoms with Gasteiger partial charge in [0.15, 0.2) is 11.6 Å². The molecule has 0 aliphatic carbocycles. The summed E-state index contributed by atoms with van der Waals surface area (Å²) in [5, 5.41) is 8.94. The molecule has 1 fully saturated rings. The maximum atomic E-state index is 13.7. The topological polar surface area (TPSA) is 66.8 Å². The minimum Gasteiger partial charge on any atom is -0.494 e. The standard InChI is InChI=1S/C15H18FNO4S/c1-21-13-3-2-10(6-12(13)16)7-14(18)17-4-5-22-9-11(17)8-15(19)20/h2-3,6,11H,4-5,7-9H2,1H3,(H,19,20). The van der Waals surface area contributed by atoms with Crippen LogP contribution in [0.2, 0.25) is 0 Å². The van der Waals surface area contributed by atoms with E-state index < -0.39 is 11.8 Å². The van der Waals surface area contributed by atoms with Gasteiger partial charge in [0.25, 0.3) is 0 Å². The van der Waals surface area contributed by atoms with E-state index in [-0.39, 0.29) is 30.5 Å². The summed E-state index contributed by atoms with van der Waals surface area (Å²) >= 11 is 1.65. The first kappa shape index (κ1) is 16.6. The van der Waals surface area contributed by atoms with Crippen LogP contribution >= 0.6 is 11.8 Å². The van der Waals surface area contributed by atoms with Gasteiger partial charge in [-0.05, 0) is 17.7 Å². The number of halogens is 1. The van der Waals surface area contributed by atoms with Crippen LogP contribution in [0.25, 0.3) is 0 Å². The predicted molar refractivity (Wildman–Crippen MR) is 81.7 cm³/mol. The molecule has 7 heteroatoms. The number of amides is 1. The molecule has 1 heterocycles. The van der Waals surface area contributed by atoms with E-state index in [0.717, 1.165) is 5.75 Å². The third-order valence-electron chi connectivity index (χ3n) is 3.53. The smallest absolute Gasteiger partial charge is 0.305 e. The van der Waals surface area contributed by atoms with E-state index in [1.165, 1.54) is 19.2 Å². The van der Waals surface area contributed by atoms with E-state index in [0.29, 0.717) is 17.9 Å². The molecule has 5 nitrogen and oxygen atoms in total. The van der Waals surface area contributed by atoms with Crippen LogP contribution in [-0.2, 0) is 16.0 Å². The molecule has 1 saturated heterocycles. The molecule has 1 aliphatic rings. The van der Waals surface area contributed by atoms with Gasteiger partial charge in [-0.2, -0.15) is 11.8 Å². The second kappa shape index (κ2) is 7.49. The second-order valence-electron chi connectivity index (χ2n) is 5.06. The number of carboxylic acids is 1. The molecule has 1 amide bonds. The van der Waals surface area contributed by atoms with Crippen LogP contribution in [0, 0.1) is 5.82 Å². The monoisotopic (exact) mass is 327 g/mol. The summed E-state index contributed by atoms with van der Waals surface area (Å²) in [4.78, 5) is 24.9. The number of nitrogens with zero attached hydrogens (tertiary/aromatic N) is 1. The summed E-state index contributed by atoms with van der Waals surface area (Å²) in [5.41, 5.74) is 0.551. The molecule has 1 unspecified atom stereocenters. The van der Waals surface area contributed by atoms with E-state index >= 15 is 0 Å². The first-order valence-electron chi connectivity index (χ1n) is 6.92. The Bertz CT molecular complexity index is 566. The van der Waals surface area contributed by atoms with Crippen LogP contribution in [-0.4, -0.2) is 53.1 Å². The summed E-state index contributed by atoms with van der Waals surface area (Å²) in [6.45, 7) is 0.528. The second-order valence-corrected chi connectivity index (χ2v) is 6.21. The number of methoxy groups -OCH3 is 1. The Morgan fingerprint density at radius 3 is 2.91 bits per heavy atom. The van der Waals surface area contributed by atoms with Crippen molar-refractivity contribution in [3.05, 3.63) is 29.6 Å². The summed E-state index contributed by atoms with van der Waals surface area (Å²) < 4.78 is 18.5. The van der Waals surface area contributed by atoms with Gasteiger partial charge in [-0.1, -0.05) is 6.07 Å². The highest BCUT2D eigenvalue weighted by atomic mass is 32.2. The maximum Gasteiger partial charge on any atom is 0.305 e. The first-order chi connectivity index (χ1) is 10.5. The number of hydrogen-bond acceptors (Lipinski definition) is 4. The normalized spacial score (nSPS) is 18.1. The summed E-state index contributed by atoms with van der Waals surface area (Å²) in [6.07, 6.45) is -0.00257. The summed E-state index contributed by atoms with van der Waals surface area (Å²) in [5.74, 6) is -0.0521. The number of carbonyl (C=O) groups is 2. The van der Waals surface area contributed by atoms with E-state index in [1.807, 2.05) is 0 Å². The van der Waals surface area contributed by atoms with E-state index in [4.69, 9.17) is 9.84 Å². The van der Waals surface area contributed by atoms with Crippen molar-refractivity contribution in [1.29, 1.82) is 0 Å².